The molecule has 1 amide bonds. The van der Waals surface area contributed by atoms with Crippen LogP contribution in [-0.2, 0) is 10.2 Å². The van der Waals surface area contributed by atoms with Crippen molar-refractivity contribution >= 4 is 17.3 Å². The van der Waals surface area contributed by atoms with Gasteiger partial charge in [0.1, 0.15) is 5.75 Å². The molecule has 0 aliphatic carbocycles. The highest BCUT2D eigenvalue weighted by atomic mass is 16.5. The van der Waals surface area contributed by atoms with E-state index in [1.165, 1.54) is 6.92 Å². The Balaban J connectivity index is 2.61. The van der Waals surface area contributed by atoms with E-state index in [0.29, 0.717) is 11.4 Å². The summed E-state index contributed by atoms with van der Waals surface area (Å²) in [6, 6.07) is 3.92. The molecule has 1 aliphatic rings. The number of fused-ring (bicyclic) bond motifs is 1. The Kier molecular flexibility index (Phi) is 3.04. The zero-order chi connectivity index (χ0) is 14.4. The monoisotopic (exact) mass is 260 g/mol. The Morgan fingerprint density at radius 1 is 1.42 bits per heavy atom. The molecule has 102 valence electrons. The summed E-state index contributed by atoms with van der Waals surface area (Å²) >= 11 is 0. The van der Waals surface area contributed by atoms with Crippen molar-refractivity contribution in [3.63, 3.8) is 0 Å². The van der Waals surface area contributed by atoms with Gasteiger partial charge in [-0.3, -0.25) is 4.79 Å². The van der Waals surface area contributed by atoms with Crippen LogP contribution in [0.2, 0.25) is 0 Å². The lowest BCUT2D eigenvalue weighted by Crippen LogP contribution is -2.21. The van der Waals surface area contributed by atoms with E-state index in [1.807, 2.05) is 19.2 Å². The van der Waals surface area contributed by atoms with Gasteiger partial charge in [-0.1, -0.05) is 20.4 Å². The maximum Gasteiger partial charge on any atom is 0.221 e. The van der Waals surface area contributed by atoms with E-state index >= 15 is 0 Å². The lowest BCUT2D eigenvalue weighted by atomic mass is 9.84. The molecule has 4 nitrogen and oxygen atoms in total. The topological polar surface area (TPSA) is 41.6 Å². The number of carbonyl (C=O) groups is 1. The first-order valence-electron chi connectivity index (χ1n) is 6.22. The summed E-state index contributed by atoms with van der Waals surface area (Å²) < 4.78 is 5.37. The molecule has 1 N–H and O–H groups in total. The first-order valence-corrected chi connectivity index (χ1v) is 6.22. The van der Waals surface area contributed by atoms with E-state index in [1.54, 1.807) is 7.11 Å². The van der Waals surface area contributed by atoms with E-state index in [0.717, 1.165) is 16.9 Å². The average Bonchev–Trinajstić information content (AvgIpc) is 2.50. The second-order valence-corrected chi connectivity index (χ2v) is 5.38. The molecule has 0 spiro atoms. The molecule has 0 fully saturated rings. The number of likely N-dealkylation sites (N-methyl/N-ethyl adjacent to an activating group) is 1. The standard InChI is InChI=1S/C15H20N2O2/c1-9-15(3,4)11-7-14(19-6)12(16-10(2)18)8-13(11)17(9)5/h7-8H,1H2,2-6H3,(H,16,18). The molecule has 0 saturated carbocycles. The van der Waals surface area contributed by atoms with Crippen LogP contribution < -0.4 is 15.0 Å². The minimum atomic E-state index is -0.133. The summed E-state index contributed by atoms with van der Waals surface area (Å²) in [5.41, 5.74) is 3.80. The second-order valence-electron chi connectivity index (χ2n) is 5.38. The molecule has 1 aliphatic heterocycles. The lowest BCUT2D eigenvalue weighted by Gasteiger charge is -2.22. The normalized spacial score (nSPS) is 16.3. The largest absolute Gasteiger partial charge is 0.495 e. The summed E-state index contributed by atoms with van der Waals surface area (Å²) in [6.07, 6.45) is 0. The average molecular weight is 260 g/mol. The number of hydrogen-bond acceptors (Lipinski definition) is 3. The highest BCUT2D eigenvalue weighted by Gasteiger charge is 2.38. The molecular formula is C15H20N2O2. The van der Waals surface area contributed by atoms with E-state index in [-0.39, 0.29) is 11.3 Å². The molecular weight excluding hydrogens is 240 g/mol. The third-order valence-corrected chi connectivity index (χ3v) is 3.79. The number of hydrogen-bond donors (Lipinski definition) is 1. The molecule has 4 heteroatoms. The molecule has 0 aromatic heterocycles. The number of anilines is 2. The molecule has 0 unspecified atom stereocenters. The van der Waals surface area contributed by atoms with Gasteiger partial charge >= 0.3 is 0 Å². The van der Waals surface area contributed by atoms with Crippen molar-refractivity contribution in [2.45, 2.75) is 26.2 Å². The molecule has 0 bridgehead atoms. The van der Waals surface area contributed by atoms with Crippen LogP contribution >= 0.6 is 0 Å². The fourth-order valence-corrected chi connectivity index (χ4v) is 2.52. The lowest BCUT2D eigenvalue weighted by molar-refractivity contribution is -0.114. The van der Waals surface area contributed by atoms with Crippen LogP contribution in [0.1, 0.15) is 26.3 Å². The minimum Gasteiger partial charge on any atom is -0.495 e. The fraction of sp³-hybridized carbons (Fsp3) is 0.400. The first kappa shape index (κ1) is 13.5. The van der Waals surface area contributed by atoms with Crippen LogP contribution in [0.15, 0.2) is 24.4 Å². The predicted octanol–water partition coefficient (Wildman–Crippen LogP) is 2.89. The van der Waals surface area contributed by atoms with Crippen LogP contribution in [0.25, 0.3) is 0 Å². The van der Waals surface area contributed by atoms with Crippen LogP contribution in [0.4, 0.5) is 11.4 Å². The van der Waals surface area contributed by atoms with Crippen molar-refractivity contribution in [1.29, 1.82) is 0 Å². The minimum absolute atomic E-state index is 0.114. The van der Waals surface area contributed by atoms with Gasteiger partial charge in [-0.05, 0) is 17.7 Å². The van der Waals surface area contributed by atoms with Crippen molar-refractivity contribution in [2.24, 2.45) is 0 Å². The Labute approximate surface area is 114 Å². The summed E-state index contributed by atoms with van der Waals surface area (Å²) in [6.45, 7) is 9.90. The van der Waals surface area contributed by atoms with E-state index in [9.17, 15) is 4.79 Å². The molecule has 1 aromatic rings. The summed E-state index contributed by atoms with van der Waals surface area (Å²) in [7, 11) is 3.59. The van der Waals surface area contributed by atoms with Gasteiger partial charge in [0.05, 0.1) is 12.8 Å². The number of methoxy groups -OCH3 is 1. The van der Waals surface area contributed by atoms with Crippen molar-refractivity contribution in [1.82, 2.24) is 0 Å². The SMILES string of the molecule is C=C1N(C)c2cc(NC(C)=O)c(OC)cc2C1(C)C. The number of amides is 1. The third kappa shape index (κ3) is 1.97. The van der Waals surface area contributed by atoms with Gasteiger partial charge in [0.15, 0.2) is 0 Å². The highest BCUT2D eigenvalue weighted by Crippen LogP contribution is 2.49. The van der Waals surface area contributed by atoms with Gasteiger partial charge in [-0.2, -0.15) is 0 Å². The Hall–Kier alpha value is -1.97. The van der Waals surface area contributed by atoms with E-state index in [2.05, 4.69) is 30.6 Å². The number of nitrogens with zero attached hydrogens (tertiary/aromatic N) is 1. The molecule has 19 heavy (non-hydrogen) atoms. The molecule has 1 aromatic carbocycles. The maximum atomic E-state index is 11.3. The smallest absolute Gasteiger partial charge is 0.221 e. The van der Waals surface area contributed by atoms with Crippen molar-refractivity contribution in [3.8, 4) is 5.75 Å². The number of ether oxygens (including phenoxy) is 1. The van der Waals surface area contributed by atoms with Crippen molar-refractivity contribution < 1.29 is 9.53 Å². The maximum absolute atomic E-state index is 11.3. The Bertz CT molecular complexity index is 562. The zero-order valence-corrected chi connectivity index (χ0v) is 12.1. The Morgan fingerprint density at radius 2 is 2.05 bits per heavy atom. The number of benzene rings is 1. The highest BCUT2D eigenvalue weighted by molar-refractivity contribution is 5.92. The number of rotatable bonds is 2. The fourth-order valence-electron chi connectivity index (χ4n) is 2.52. The zero-order valence-electron chi connectivity index (χ0n) is 12.1. The summed E-state index contributed by atoms with van der Waals surface area (Å²) in [4.78, 5) is 13.3. The Morgan fingerprint density at radius 3 is 2.58 bits per heavy atom. The van der Waals surface area contributed by atoms with Gasteiger partial charge < -0.3 is 15.0 Å². The molecule has 2 rings (SSSR count). The van der Waals surface area contributed by atoms with Crippen molar-refractivity contribution in [2.75, 3.05) is 24.4 Å². The van der Waals surface area contributed by atoms with Crippen LogP contribution in [0.3, 0.4) is 0 Å². The summed E-state index contributed by atoms with van der Waals surface area (Å²) in [5.74, 6) is 0.558. The number of allylic oxidation sites excluding steroid dienone is 1. The molecule has 0 atom stereocenters. The van der Waals surface area contributed by atoms with Gasteiger partial charge in [0, 0.05) is 30.8 Å². The van der Waals surface area contributed by atoms with Crippen LogP contribution in [0, 0.1) is 0 Å². The first-order chi connectivity index (χ1) is 8.78. The predicted molar refractivity (Wildman–Crippen MR) is 77.9 cm³/mol. The third-order valence-electron chi connectivity index (χ3n) is 3.79. The van der Waals surface area contributed by atoms with Crippen LogP contribution in [0.5, 0.6) is 5.75 Å². The van der Waals surface area contributed by atoms with Gasteiger partial charge in [-0.25, -0.2) is 0 Å². The number of nitrogens with one attached hydrogen (secondary N) is 1. The molecule has 0 radical (unpaired) electrons. The summed E-state index contributed by atoms with van der Waals surface area (Å²) in [5, 5.41) is 2.80. The van der Waals surface area contributed by atoms with Gasteiger partial charge in [0.25, 0.3) is 0 Å². The van der Waals surface area contributed by atoms with Crippen molar-refractivity contribution in [3.05, 3.63) is 30.0 Å². The number of carbonyl (C=O) groups excluding carboxylic acids is 1. The van der Waals surface area contributed by atoms with Gasteiger partial charge in [-0.15, -0.1) is 0 Å². The molecule has 0 saturated heterocycles. The quantitative estimate of drug-likeness (QED) is 0.889. The molecule has 1 heterocycles. The second kappa shape index (κ2) is 4.30. The van der Waals surface area contributed by atoms with E-state index < -0.39 is 0 Å². The van der Waals surface area contributed by atoms with Gasteiger partial charge in [0.2, 0.25) is 5.91 Å². The van der Waals surface area contributed by atoms with E-state index in [4.69, 9.17) is 4.74 Å². The van der Waals surface area contributed by atoms with Crippen LogP contribution in [-0.4, -0.2) is 20.1 Å².